The average Bonchev–Trinajstić information content (AvgIpc) is 3.24. The Morgan fingerprint density at radius 3 is 2.41 bits per heavy atom. The summed E-state index contributed by atoms with van der Waals surface area (Å²) in [6.07, 6.45) is -4.49. The maximum absolute atomic E-state index is 14.5. The number of alkyl halides is 3. The number of anilines is 2. The highest BCUT2D eigenvalue weighted by molar-refractivity contribution is 5.69. The van der Waals surface area contributed by atoms with Gasteiger partial charge in [0.2, 0.25) is 0 Å². The van der Waals surface area contributed by atoms with Crippen LogP contribution in [0.15, 0.2) is 42.5 Å². The normalized spacial score (nSPS) is 23.7. The van der Waals surface area contributed by atoms with E-state index in [4.69, 9.17) is 9.47 Å². The highest BCUT2D eigenvalue weighted by Crippen LogP contribution is 2.41. The van der Waals surface area contributed by atoms with Crippen LogP contribution >= 0.6 is 0 Å². The van der Waals surface area contributed by atoms with Crippen LogP contribution in [0.2, 0.25) is 0 Å². The van der Waals surface area contributed by atoms with Gasteiger partial charge >= 0.3 is 12.1 Å². The number of methoxy groups -OCH3 is 1. The molecule has 2 aromatic carbocycles. The number of carboxylic acid groups (broad SMARTS) is 1. The van der Waals surface area contributed by atoms with Gasteiger partial charge in [0, 0.05) is 49.3 Å². The Morgan fingerprint density at radius 2 is 1.81 bits per heavy atom. The van der Waals surface area contributed by atoms with E-state index in [1.165, 1.54) is 18.1 Å². The zero-order valence-electron chi connectivity index (χ0n) is 21.1. The van der Waals surface area contributed by atoms with E-state index in [0.717, 1.165) is 0 Å². The third-order valence-electron chi connectivity index (χ3n) is 7.36. The summed E-state index contributed by atoms with van der Waals surface area (Å²) in [5, 5.41) is 9.18. The molecule has 2 aliphatic heterocycles. The van der Waals surface area contributed by atoms with Gasteiger partial charge in [-0.2, -0.15) is 13.2 Å². The van der Waals surface area contributed by atoms with Crippen LogP contribution in [-0.2, 0) is 4.79 Å². The molecule has 3 unspecified atom stereocenters. The van der Waals surface area contributed by atoms with Gasteiger partial charge in [-0.3, -0.25) is 4.79 Å². The van der Waals surface area contributed by atoms with Crippen LogP contribution in [0, 0.1) is 17.2 Å². The number of rotatable bonds is 7. The van der Waals surface area contributed by atoms with Gasteiger partial charge in [-0.25, -0.2) is 4.39 Å². The number of hydrogen-bond acceptors (Lipinski definition) is 5. The van der Waals surface area contributed by atoms with Crippen LogP contribution in [0.4, 0.5) is 28.9 Å². The molecular formula is C27H32F4N2O4. The highest BCUT2D eigenvalue weighted by Gasteiger charge is 2.48. The quantitative estimate of drug-likeness (QED) is 0.466. The van der Waals surface area contributed by atoms with Gasteiger partial charge in [0.25, 0.3) is 0 Å². The third-order valence-corrected chi connectivity index (χ3v) is 7.36. The molecule has 4 rings (SSSR count). The minimum absolute atomic E-state index is 0.163. The average molecular weight is 525 g/mol. The number of halogens is 4. The van der Waals surface area contributed by atoms with Crippen LogP contribution < -0.4 is 19.3 Å². The van der Waals surface area contributed by atoms with E-state index in [2.05, 4.69) is 0 Å². The topological polar surface area (TPSA) is 62.2 Å². The van der Waals surface area contributed by atoms with Gasteiger partial charge in [-0.1, -0.05) is 13.8 Å². The lowest BCUT2D eigenvalue weighted by atomic mass is 9.80. The largest absolute Gasteiger partial charge is 0.497 e. The molecule has 3 atom stereocenters. The van der Waals surface area contributed by atoms with Crippen molar-refractivity contribution < 1.29 is 36.9 Å². The van der Waals surface area contributed by atoms with Crippen molar-refractivity contribution in [3.63, 3.8) is 0 Å². The van der Waals surface area contributed by atoms with Crippen LogP contribution in [0.1, 0.15) is 33.1 Å². The van der Waals surface area contributed by atoms with Crippen molar-refractivity contribution in [1.29, 1.82) is 0 Å². The van der Waals surface area contributed by atoms with Crippen LogP contribution in [0.25, 0.3) is 0 Å². The maximum Gasteiger partial charge on any atom is 0.393 e. The molecule has 202 valence electrons. The van der Waals surface area contributed by atoms with E-state index >= 15 is 0 Å². The number of aliphatic carboxylic acids is 1. The van der Waals surface area contributed by atoms with Gasteiger partial charge in [0.15, 0.2) is 0 Å². The number of hydrogen-bond donors (Lipinski definition) is 1. The SMILES string of the molecule is COc1ccc(F)c(N2CCC(Oc3ccc(N4CC(C(F)(F)F)CC4CC(=O)O)cc3)C(C)(C)C2)c1. The fourth-order valence-electron chi connectivity index (χ4n) is 5.37. The molecule has 0 amide bonds. The lowest BCUT2D eigenvalue weighted by molar-refractivity contribution is -0.169. The first-order chi connectivity index (χ1) is 17.4. The second kappa shape index (κ2) is 10.3. The minimum atomic E-state index is -4.37. The van der Waals surface area contributed by atoms with Gasteiger partial charge in [-0.05, 0) is 42.8 Å². The number of ether oxygens (including phenoxy) is 2. The molecule has 0 radical (unpaired) electrons. The van der Waals surface area contributed by atoms with E-state index < -0.39 is 24.1 Å². The molecule has 0 spiro atoms. The summed E-state index contributed by atoms with van der Waals surface area (Å²) in [6, 6.07) is 10.7. The molecule has 6 nitrogen and oxygen atoms in total. The number of carbonyl (C=O) groups is 1. The number of benzene rings is 2. The summed E-state index contributed by atoms with van der Waals surface area (Å²) in [5.41, 5.74) is 0.690. The molecule has 0 aromatic heterocycles. The molecule has 1 N–H and O–H groups in total. The lowest BCUT2D eigenvalue weighted by Gasteiger charge is -2.45. The van der Waals surface area contributed by atoms with Crippen molar-refractivity contribution >= 4 is 17.3 Å². The Morgan fingerprint density at radius 1 is 1.14 bits per heavy atom. The van der Waals surface area contributed by atoms with Crippen LogP contribution in [0.3, 0.4) is 0 Å². The molecule has 0 saturated carbocycles. The van der Waals surface area contributed by atoms with Gasteiger partial charge in [0.05, 0.1) is 25.1 Å². The summed E-state index contributed by atoms with van der Waals surface area (Å²) >= 11 is 0. The summed E-state index contributed by atoms with van der Waals surface area (Å²) < 4.78 is 66.0. The maximum atomic E-state index is 14.5. The van der Waals surface area contributed by atoms with Crippen molar-refractivity contribution in [2.75, 3.05) is 36.5 Å². The number of carboxylic acids is 1. The summed E-state index contributed by atoms with van der Waals surface area (Å²) in [6.45, 7) is 4.97. The number of piperidine rings is 1. The van der Waals surface area contributed by atoms with Gasteiger partial charge in [-0.15, -0.1) is 0 Å². The van der Waals surface area contributed by atoms with E-state index in [0.29, 0.717) is 42.4 Å². The minimum Gasteiger partial charge on any atom is -0.497 e. The first kappa shape index (κ1) is 26.9. The van der Waals surface area contributed by atoms with Gasteiger partial charge in [0.1, 0.15) is 23.4 Å². The van der Waals surface area contributed by atoms with Crippen molar-refractivity contribution in [2.45, 2.75) is 51.4 Å². The van der Waals surface area contributed by atoms with E-state index in [-0.39, 0.29) is 36.7 Å². The monoisotopic (exact) mass is 524 g/mol. The molecule has 0 aliphatic carbocycles. The fraction of sp³-hybridized carbons (Fsp3) is 0.519. The predicted octanol–water partition coefficient (Wildman–Crippen LogP) is 5.75. The lowest BCUT2D eigenvalue weighted by Crippen LogP contribution is -2.51. The van der Waals surface area contributed by atoms with E-state index in [9.17, 15) is 27.5 Å². The van der Waals surface area contributed by atoms with Crippen molar-refractivity contribution in [3.8, 4) is 11.5 Å². The number of nitrogens with zero attached hydrogens (tertiary/aromatic N) is 2. The van der Waals surface area contributed by atoms with E-state index in [1.54, 1.807) is 36.4 Å². The zero-order chi connectivity index (χ0) is 27.0. The molecule has 2 fully saturated rings. The highest BCUT2D eigenvalue weighted by atomic mass is 19.4. The zero-order valence-corrected chi connectivity index (χ0v) is 21.1. The second-order valence-electron chi connectivity index (χ2n) is 10.5. The first-order valence-electron chi connectivity index (χ1n) is 12.3. The van der Waals surface area contributed by atoms with Crippen LogP contribution in [-0.4, -0.2) is 56.1 Å². The third kappa shape index (κ3) is 6.05. The van der Waals surface area contributed by atoms with Crippen molar-refractivity contribution in [3.05, 3.63) is 48.3 Å². The Labute approximate surface area is 213 Å². The Kier molecular flexibility index (Phi) is 7.48. The molecule has 2 aromatic rings. The molecular weight excluding hydrogens is 492 g/mol. The van der Waals surface area contributed by atoms with Crippen molar-refractivity contribution in [1.82, 2.24) is 0 Å². The summed E-state index contributed by atoms with van der Waals surface area (Å²) in [4.78, 5) is 14.7. The fourth-order valence-corrected chi connectivity index (χ4v) is 5.37. The Balaban J connectivity index is 1.44. The standard InChI is InChI=1S/C27H32F4N2O4/c1-26(2)16-32(23-14-21(36-3)8-9-22(23)28)11-10-24(26)37-20-6-4-18(5-7-20)33-15-17(27(29,30)31)12-19(33)13-25(34)35/h4-9,14,17,19,24H,10-13,15-16H2,1-3H3,(H,34,35). The van der Waals surface area contributed by atoms with E-state index in [1.807, 2.05) is 18.7 Å². The Bertz CT molecular complexity index is 1110. The molecule has 2 heterocycles. The molecule has 2 aliphatic rings. The molecule has 0 bridgehead atoms. The predicted molar refractivity (Wildman–Crippen MR) is 132 cm³/mol. The van der Waals surface area contributed by atoms with Crippen LogP contribution in [0.5, 0.6) is 11.5 Å². The summed E-state index contributed by atoms with van der Waals surface area (Å²) in [5.74, 6) is -1.85. The first-order valence-corrected chi connectivity index (χ1v) is 12.3. The van der Waals surface area contributed by atoms with Gasteiger partial charge < -0.3 is 24.4 Å². The molecule has 10 heteroatoms. The Hall–Kier alpha value is -3.17. The molecule has 37 heavy (non-hydrogen) atoms. The summed E-state index contributed by atoms with van der Waals surface area (Å²) in [7, 11) is 1.54. The smallest absolute Gasteiger partial charge is 0.393 e. The van der Waals surface area contributed by atoms with Crippen molar-refractivity contribution in [2.24, 2.45) is 11.3 Å². The second-order valence-corrected chi connectivity index (χ2v) is 10.5. The molecule has 2 saturated heterocycles.